The van der Waals surface area contributed by atoms with Crippen LogP contribution in [0.3, 0.4) is 0 Å². The molecule has 3 rings (SSSR count). The van der Waals surface area contributed by atoms with E-state index in [1.807, 2.05) is 0 Å². The quantitative estimate of drug-likeness (QED) is 0.698. The number of aromatic carboxylic acids is 1. The third-order valence-electron chi connectivity index (χ3n) is 4.95. The highest BCUT2D eigenvalue weighted by Crippen LogP contribution is 2.27. The molecule has 1 fully saturated rings. The lowest BCUT2D eigenvalue weighted by Gasteiger charge is -2.33. The van der Waals surface area contributed by atoms with Crippen LogP contribution in [0.15, 0.2) is 35.4 Å². The van der Waals surface area contributed by atoms with Gasteiger partial charge >= 0.3 is 12.1 Å². The molecule has 10 nitrogen and oxygen atoms in total. The molecule has 1 atom stereocenters. The number of likely N-dealkylation sites (tertiary alicyclic amines) is 1. The van der Waals surface area contributed by atoms with Gasteiger partial charge in [-0.25, -0.2) is 28.0 Å². The van der Waals surface area contributed by atoms with Gasteiger partial charge in [-0.1, -0.05) is 12.1 Å². The Kier molecular flexibility index (Phi) is 6.40. The summed E-state index contributed by atoms with van der Waals surface area (Å²) in [5, 5.41) is 8.41. The number of piperidine rings is 1. The van der Waals surface area contributed by atoms with E-state index >= 15 is 0 Å². The van der Waals surface area contributed by atoms with E-state index in [1.165, 1.54) is 35.4 Å². The molecule has 1 aromatic heterocycles. The Morgan fingerprint density at radius 2 is 1.88 bits per heavy atom. The van der Waals surface area contributed by atoms with Gasteiger partial charge in [-0.2, -0.15) is 0 Å². The monoisotopic (exact) mass is 462 g/mol. The summed E-state index contributed by atoms with van der Waals surface area (Å²) in [7, 11) is -3.70. The van der Waals surface area contributed by atoms with Gasteiger partial charge in [0.25, 0.3) is 0 Å². The number of nitrogens with zero attached hydrogens (tertiary/aromatic N) is 3. The van der Waals surface area contributed by atoms with Crippen molar-refractivity contribution in [1.29, 1.82) is 0 Å². The summed E-state index contributed by atoms with van der Waals surface area (Å²) in [6, 6.07) is 5.95. The van der Waals surface area contributed by atoms with Crippen molar-refractivity contribution in [3.63, 3.8) is 0 Å². The van der Waals surface area contributed by atoms with Gasteiger partial charge in [-0.15, -0.1) is 0 Å². The second-order valence-electron chi connectivity index (χ2n) is 8.55. The van der Waals surface area contributed by atoms with Crippen molar-refractivity contribution in [2.75, 3.05) is 18.8 Å². The second-order valence-corrected chi connectivity index (χ2v) is 10.8. The molecule has 1 saturated heterocycles. The maximum atomic E-state index is 13.2. The van der Waals surface area contributed by atoms with Crippen molar-refractivity contribution in [2.45, 2.75) is 49.4 Å². The summed E-state index contributed by atoms with van der Waals surface area (Å²) in [6.07, 6.45) is 1.80. The maximum Gasteiger partial charge on any atom is 0.410 e. The Hall–Kier alpha value is -3.21. The second kappa shape index (κ2) is 8.73. The number of rotatable bonds is 4. The average molecular weight is 463 g/mol. The first-order chi connectivity index (χ1) is 14.9. The number of hydrogen-bond acceptors (Lipinski definition) is 8. The largest absolute Gasteiger partial charge is 0.476 e. The van der Waals surface area contributed by atoms with E-state index in [-0.39, 0.29) is 28.6 Å². The summed E-state index contributed by atoms with van der Waals surface area (Å²) in [5.41, 5.74) is 5.25. The lowest BCUT2D eigenvalue weighted by Crippen LogP contribution is -2.47. The molecule has 1 aliphatic rings. The van der Waals surface area contributed by atoms with Crippen LogP contribution in [-0.2, 0) is 14.6 Å². The number of benzene rings is 1. The molecule has 0 saturated carbocycles. The van der Waals surface area contributed by atoms with Gasteiger partial charge in [-0.05, 0) is 45.7 Å². The number of carbonyl (C=O) groups excluding carboxylic acids is 1. The fraction of sp³-hybridized carbons (Fsp3) is 0.429. The number of aromatic nitrogens is 2. The minimum Gasteiger partial charge on any atom is -0.476 e. The molecule has 32 heavy (non-hydrogen) atoms. The zero-order valence-electron chi connectivity index (χ0n) is 18.1. The molecule has 0 radical (unpaired) electrons. The fourth-order valence-electron chi connectivity index (χ4n) is 3.39. The smallest absolute Gasteiger partial charge is 0.410 e. The molecule has 3 N–H and O–H groups in total. The van der Waals surface area contributed by atoms with Gasteiger partial charge in [-0.3, -0.25) is 0 Å². The number of amides is 1. The van der Waals surface area contributed by atoms with Crippen molar-refractivity contribution in [3.8, 4) is 11.3 Å². The molecule has 0 spiro atoms. The molecule has 0 bridgehead atoms. The number of carbonyl (C=O) groups is 2. The average Bonchev–Trinajstić information content (AvgIpc) is 2.73. The summed E-state index contributed by atoms with van der Waals surface area (Å²) in [4.78, 5) is 33.0. The van der Waals surface area contributed by atoms with E-state index in [4.69, 9.17) is 15.6 Å². The lowest BCUT2D eigenvalue weighted by molar-refractivity contribution is 0.0218. The van der Waals surface area contributed by atoms with Crippen molar-refractivity contribution >= 4 is 27.7 Å². The van der Waals surface area contributed by atoms with Crippen LogP contribution in [0.4, 0.5) is 10.6 Å². The summed E-state index contributed by atoms with van der Waals surface area (Å²) in [5.74, 6) is -1.50. The third kappa shape index (κ3) is 5.16. The van der Waals surface area contributed by atoms with Crippen molar-refractivity contribution in [1.82, 2.24) is 14.9 Å². The van der Waals surface area contributed by atoms with Crippen LogP contribution in [0.5, 0.6) is 0 Å². The molecule has 1 unspecified atom stereocenters. The van der Waals surface area contributed by atoms with Crippen LogP contribution in [0.1, 0.15) is 44.1 Å². The molecule has 172 valence electrons. The first-order valence-corrected chi connectivity index (χ1v) is 11.6. The lowest BCUT2D eigenvalue weighted by atomic mass is 10.1. The molecular weight excluding hydrogens is 436 g/mol. The molecule has 2 heterocycles. The van der Waals surface area contributed by atoms with Crippen LogP contribution in [0, 0.1) is 0 Å². The number of sulfone groups is 1. The SMILES string of the molecule is CC(C)(C)OC(=O)N1CCCC(S(=O)(=O)c2ccc(-c3cnc(N)c(C(=O)O)n3)cc2)C1. The Bertz CT molecular complexity index is 1130. The molecule has 11 heteroatoms. The van der Waals surface area contributed by atoms with Crippen LogP contribution in [0.2, 0.25) is 0 Å². The number of hydrogen-bond donors (Lipinski definition) is 2. The van der Waals surface area contributed by atoms with Crippen LogP contribution in [-0.4, -0.2) is 64.4 Å². The first-order valence-electron chi connectivity index (χ1n) is 10.1. The number of nitrogen functional groups attached to an aromatic ring is 1. The van der Waals surface area contributed by atoms with Gasteiger partial charge in [0.15, 0.2) is 21.3 Å². The third-order valence-corrected chi connectivity index (χ3v) is 7.14. The minimum absolute atomic E-state index is 0.0599. The van der Waals surface area contributed by atoms with Gasteiger partial charge in [0.2, 0.25) is 0 Å². The van der Waals surface area contributed by atoms with Gasteiger partial charge < -0.3 is 20.5 Å². The van der Waals surface area contributed by atoms with E-state index in [0.29, 0.717) is 24.9 Å². The van der Waals surface area contributed by atoms with Crippen molar-refractivity contribution in [2.24, 2.45) is 0 Å². The van der Waals surface area contributed by atoms with Gasteiger partial charge in [0.1, 0.15) is 5.60 Å². The van der Waals surface area contributed by atoms with E-state index in [0.717, 1.165) is 0 Å². The van der Waals surface area contributed by atoms with Crippen LogP contribution >= 0.6 is 0 Å². The summed E-state index contributed by atoms with van der Waals surface area (Å²) >= 11 is 0. The number of anilines is 1. The zero-order valence-corrected chi connectivity index (χ0v) is 18.9. The molecule has 2 aromatic rings. The number of carboxylic acid groups (broad SMARTS) is 1. The van der Waals surface area contributed by atoms with Crippen LogP contribution in [0.25, 0.3) is 11.3 Å². The normalized spacial score (nSPS) is 17.1. The van der Waals surface area contributed by atoms with Crippen molar-refractivity contribution < 1.29 is 27.9 Å². The maximum absolute atomic E-state index is 13.2. The predicted octanol–water partition coefficient (Wildman–Crippen LogP) is 2.60. The van der Waals surface area contributed by atoms with E-state index < -0.39 is 32.8 Å². The fourth-order valence-corrected chi connectivity index (χ4v) is 5.14. The molecule has 1 amide bonds. The van der Waals surface area contributed by atoms with Crippen molar-refractivity contribution in [3.05, 3.63) is 36.2 Å². The van der Waals surface area contributed by atoms with E-state index in [9.17, 15) is 18.0 Å². The molecule has 1 aromatic carbocycles. The Balaban J connectivity index is 1.80. The zero-order chi connectivity index (χ0) is 23.7. The highest BCUT2D eigenvalue weighted by atomic mass is 32.2. The summed E-state index contributed by atoms with van der Waals surface area (Å²) in [6.45, 7) is 5.78. The summed E-state index contributed by atoms with van der Waals surface area (Å²) < 4.78 is 31.7. The molecular formula is C21H26N4O6S. The first kappa shape index (κ1) is 23.5. The number of nitrogens with two attached hydrogens (primary N) is 1. The molecule has 0 aliphatic carbocycles. The highest BCUT2D eigenvalue weighted by molar-refractivity contribution is 7.92. The number of ether oxygens (including phenoxy) is 1. The Labute approximate surface area is 186 Å². The van der Waals surface area contributed by atoms with E-state index in [2.05, 4.69) is 9.97 Å². The van der Waals surface area contributed by atoms with E-state index in [1.54, 1.807) is 20.8 Å². The predicted molar refractivity (Wildman–Crippen MR) is 117 cm³/mol. The Morgan fingerprint density at radius 1 is 1.22 bits per heavy atom. The molecule has 1 aliphatic heterocycles. The highest BCUT2D eigenvalue weighted by Gasteiger charge is 2.35. The standard InChI is InChI=1S/C21H26N4O6S/c1-21(2,3)31-20(28)25-10-4-5-15(12-25)32(29,30)14-8-6-13(7-9-14)16-11-23-18(22)17(24-16)19(26)27/h6-9,11,15H,4-5,10,12H2,1-3H3,(H2,22,23)(H,26,27). The van der Waals surface area contributed by atoms with Gasteiger partial charge in [0, 0.05) is 18.7 Å². The topological polar surface area (TPSA) is 153 Å². The number of carboxylic acids is 1. The minimum atomic E-state index is -3.70. The van der Waals surface area contributed by atoms with Crippen LogP contribution < -0.4 is 5.73 Å². The van der Waals surface area contributed by atoms with Gasteiger partial charge in [0.05, 0.1) is 22.0 Å². The Morgan fingerprint density at radius 3 is 2.47 bits per heavy atom.